The summed E-state index contributed by atoms with van der Waals surface area (Å²) in [5, 5.41) is 12.0. The molecule has 0 aromatic heterocycles. The molecule has 0 spiro atoms. The molecule has 10 nitrogen and oxygen atoms in total. The van der Waals surface area contributed by atoms with Crippen molar-refractivity contribution in [2.75, 3.05) is 46.3 Å². The second kappa shape index (κ2) is 7.77. The SMILES string of the molecule is COC(=O)C1=C(Nc2c(OC)c(OC)cc3c2C(=O)OC3)C(=O)N(CCO)C1. The summed E-state index contributed by atoms with van der Waals surface area (Å²) in [6, 6.07) is 1.62. The number of cyclic esters (lactones) is 1. The molecule has 1 aromatic carbocycles. The molecule has 0 saturated carbocycles. The van der Waals surface area contributed by atoms with Crippen molar-refractivity contribution in [3.05, 3.63) is 28.5 Å². The van der Waals surface area contributed by atoms with Gasteiger partial charge in [0.25, 0.3) is 5.91 Å². The zero-order valence-electron chi connectivity index (χ0n) is 15.7. The van der Waals surface area contributed by atoms with Gasteiger partial charge in [-0.3, -0.25) is 4.79 Å². The van der Waals surface area contributed by atoms with Crippen LogP contribution in [-0.2, 0) is 25.7 Å². The Hall–Kier alpha value is -3.27. The van der Waals surface area contributed by atoms with Crippen LogP contribution in [0.15, 0.2) is 17.3 Å². The molecule has 0 bridgehead atoms. The van der Waals surface area contributed by atoms with E-state index in [1.807, 2.05) is 0 Å². The molecule has 0 unspecified atom stereocenters. The van der Waals surface area contributed by atoms with E-state index in [9.17, 15) is 14.4 Å². The highest BCUT2D eigenvalue weighted by molar-refractivity contribution is 6.10. The molecule has 10 heteroatoms. The van der Waals surface area contributed by atoms with E-state index in [0.29, 0.717) is 11.3 Å². The molecule has 1 aromatic rings. The zero-order chi connectivity index (χ0) is 20.4. The molecule has 28 heavy (non-hydrogen) atoms. The summed E-state index contributed by atoms with van der Waals surface area (Å²) in [5.74, 6) is -1.28. The van der Waals surface area contributed by atoms with Gasteiger partial charge in [0.2, 0.25) is 0 Å². The van der Waals surface area contributed by atoms with Gasteiger partial charge >= 0.3 is 11.9 Å². The van der Waals surface area contributed by atoms with Crippen LogP contribution >= 0.6 is 0 Å². The van der Waals surface area contributed by atoms with Gasteiger partial charge in [-0.1, -0.05) is 0 Å². The van der Waals surface area contributed by atoms with Crippen molar-refractivity contribution in [3.63, 3.8) is 0 Å². The Bertz CT molecular complexity index is 877. The topological polar surface area (TPSA) is 124 Å². The molecule has 1 amide bonds. The highest BCUT2D eigenvalue weighted by Gasteiger charge is 2.37. The number of aliphatic hydroxyl groups excluding tert-OH is 1. The van der Waals surface area contributed by atoms with Crippen LogP contribution in [0.1, 0.15) is 15.9 Å². The maximum absolute atomic E-state index is 12.8. The lowest BCUT2D eigenvalue weighted by Crippen LogP contribution is -2.31. The number of carbonyl (C=O) groups is 3. The maximum Gasteiger partial charge on any atom is 0.341 e. The number of nitrogens with one attached hydrogen (secondary N) is 1. The van der Waals surface area contributed by atoms with Crippen molar-refractivity contribution in [2.24, 2.45) is 0 Å². The Kier molecular flexibility index (Phi) is 5.41. The molecule has 0 fully saturated rings. The van der Waals surface area contributed by atoms with Gasteiger partial charge in [-0.05, 0) is 6.07 Å². The number of methoxy groups -OCH3 is 3. The van der Waals surface area contributed by atoms with E-state index in [1.54, 1.807) is 6.07 Å². The van der Waals surface area contributed by atoms with Crippen LogP contribution in [0.25, 0.3) is 0 Å². The molecule has 0 radical (unpaired) electrons. The molecule has 150 valence electrons. The highest BCUT2D eigenvalue weighted by atomic mass is 16.5. The second-order valence-electron chi connectivity index (χ2n) is 6.02. The van der Waals surface area contributed by atoms with Crippen molar-refractivity contribution in [1.82, 2.24) is 4.90 Å². The second-order valence-corrected chi connectivity index (χ2v) is 6.02. The number of carbonyl (C=O) groups excluding carboxylic acids is 3. The van der Waals surface area contributed by atoms with Gasteiger partial charge in [0.05, 0.1) is 45.6 Å². The standard InChI is InChI=1S/C18H20N2O8/c1-25-11-6-9-8-28-18(24)12(9)14(15(11)26-2)19-13-10(17(23)27-3)7-20(4-5-21)16(13)22/h6,19,21H,4-5,7-8H2,1-3H3. The fourth-order valence-corrected chi connectivity index (χ4v) is 3.20. The normalized spacial score (nSPS) is 15.5. The van der Waals surface area contributed by atoms with Gasteiger partial charge in [0, 0.05) is 12.1 Å². The summed E-state index contributed by atoms with van der Waals surface area (Å²) in [6.45, 7) is -0.207. The molecule has 0 aliphatic carbocycles. The Morgan fingerprint density at radius 1 is 1.29 bits per heavy atom. The van der Waals surface area contributed by atoms with Crippen LogP contribution in [-0.4, -0.2) is 68.9 Å². The number of rotatable bonds is 7. The summed E-state index contributed by atoms with van der Waals surface area (Å²) in [4.78, 5) is 38.5. The number of ether oxygens (including phenoxy) is 4. The third-order valence-corrected chi connectivity index (χ3v) is 4.52. The quantitative estimate of drug-likeness (QED) is 0.619. The number of fused-ring (bicyclic) bond motifs is 1. The molecule has 2 aliphatic rings. The summed E-state index contributed by atoms with van der Waals surface area (Å²) in [6.07, 6.45) is 0. The maximum atomic E-state index is 12.8. The van der Waals surface area contributed by atoms with Gasteiger partial charge in [0.1, 0.15) is 18.0 Å². The van der Waals surface area contributed by atoms with Crippen molar-refractivity contribution in [1.29, 1.82) is 0 Å². The van der Waals surface area contributed by atoms with Gasteiger partial charge in [-0.2, -0.15) is 0 Å². The van der Waals surface area contributed by atoms with Gasteiger partial charge < -0.3 is 34.3 Å². The number of aliphatic hydroxyl groups is 1. The fourth-order valence-electron chi connectivity index (χ4n) is 3.20. The van der Waals surface area contributed by atoms with E-state index in [1.165, 1.54) is 26.2 Å². The number of hydrogen-bond donors (Lipinski definition) is 2. The predicted molar refractivity (Wildman–Crippen MR) is 95.0 cm³/mol. The smallest absolute Gasteiger partial charge is 0.341 e. The minimum Gasteiger partial charge on any atom is -0.493 e. The van der Waals surface area contributed by atoms with Crippen LogP contribution in [0.2, 0.25) is 0 Å². The van der Waals surface area contributed by atoms with Gasteiger partial charge in [0.15, 0.2) is 11.5 Å². The molecule has 2 N–H and O–H groups in total. The van der Waals surface area contributed by atoms with Crippen molar-refractivity contribution < 1.29 is 38.4 Å². The Labute approximate surface area is 160 Å². The van der Waals surface area contributed by atoms with Crippen LogP contribution in [0.5, 0.6) is 11.5 Å². The Balaban J connectivity index is 2.13. The highest BCUT2D eigenvalue weighted by Crippen LogP contribution is 2.44. The van der Waals surface area contributed by atoms with E-state index in [2.05, 4.69) is 5.32 Å². The van der Waals surface area contributed by atoms with E-state index >= 15 is 0 Å². The largest absolute Gasteiger partial charge is 0.493 e. The number of benzene rings is 1. The lowest BCUT2D eigenvalue weighted by molar-refractivity contribution is -0.136. The monoisotopic (exact) mass is 392 g/mol. The first kappa shape index (κ1) is 19.5. The van der Waals surface area contributed by atoms with E-state index in [0.717, 1.165) is 0 Å². The average Bonchev–Trinajstić information content (AvgIpc) is 3.22. The van der Waals surface area contributed by atoms with Gasteiger partial charge in [-0.25, -0.2) is 9.59 Å². The van der Waals surface area contributed by atoms with Crippen LogP contribution in [0.4, 0.5) is 5.69 Å². The van der Waals surface area contributed by atoms with Crippen molar-refractivity contribution >= 4 is 23.5 Å². The first-order valence-electron chi connectivity index (χ1n) is 8.40. The van der Waals surface area contributed by atoms with E-state index in [4.69, 9.17) is 24.1 Å². The van der Waals surface area contributed by atoms with E-state index in [-0.39, 0.29) is 54.6 Å². The predicted octanol–water partition coefficient (Wildman–Crippen LogP) is 0.0477. The number of amides is 1. The third kappa shape index (κ3) is 3.11. The minimum atomic E-state index is -0.697. The third-order valence-electron chi connectivity index (χ3n) is 4.52. The lowest BCUT2D eigenvalue weighted by Gasteiger charge is -2.18. The van der Waals surface area contributed by atoms with Crippen molar-refractivity contribution in [3.8, 4) is 11.5 Å². The van der Waals surface area contributed by atoms with Crippen LogP contribution < -0.4 is 14.8 Å². The molecule has 0 atom stereocenters. The first-order chi connectivity index (χ1) is 13.5. The fraction of sp³-hybridized carbons (Fsp3) is 0.389. The van der Waals surface area contributed by atoms with Crippen LogP contribution in [0, 0.1) is 0 Å². The summed E-state index contributed by atoms with van der Waals surface area (Å²) in [7, 11) is 4.03. The number of esters is 2. The summed E-state index contributed by atoms with van der Waals surface area (Å²) >= 11 is 0. The number of hydrogen-bond acceptors (Lipinski definition) is 9. The lowest BCUT2D eigenvalue weighted by atomic mass is 10.0. The first-order valence-corrected chi connectivity index (χ1v) is 8.40. The minimum absolute atomic E-state index is 0.0344. The Morgan fingerprint density at radius 3 is 2.64 bits per heavy atom. The van der Waals surface area contributed by atoms with Gasteiger partial charge in [-0.15, -0.1) is 0 Å². The summed E-state index contributed by atoms with van der Waals surface area (Å²) in [5.41, 5.74) is 0.931. The number of nitrogens with zero attached hydrogens (tertiary/aromatic N) is 1. The molecule has 2 aliphatic heterocycles. The molecule has 0 saturated heterocycles. The summed E-state index contributed by atoms with van der Waals surface area (Å²) < 4.78 is 20.5. The molecular formula is C18H20N2O8. The van der Waals surface area contributed by atoms with Crippen LogP contribution in [0.3, 0.4) is 0 Å². The van der Waals surface area contributed by atoms with E-state index < -0.39 is 17.8 Å². The molecule has 2 heterocycles. The average molecular weight is 392 g/mol. The number of β-amino-alcohol motifs (C(OH)–C–C–N with tert-alkyl or cyclic N) is 1. The molecule has 3 rings (SSSR count). The van der Waals surface area contributed by atoms with Crippen molar-refractivity contribution in [2.45, 2.75) is 6.61 Å². The Morgan fingerprint density at radius 2 is 2.04 bits per heavy atom. The zero-order valence-corrected chi connectivity index (χ0v) is 15.7. The number of anilines is 1. The molecular weight excluding hydrogens is 372 g/mol.